The van der Waals surface area contributed by atoms with Crippen molar-refractivity contribution in [3.8, 4) is 0 Å². The van der Waals surface area contributed by atoms with Crippen LogP contribution in [0.5, 0.6) is 0 Å². The van der Waals surface area contributed by atoms with Gasteiger partial charge in [0.2, 0.25) is 0 Å². The molecular weight excluding hydrogens is 822 g/mol. The predicted molar refractivity (Wildman–Crippen MR) is 270 cm³/mol. The Morgan fingerprint density at radius 3 is 1.36 bits per heavy atom. The zero-order chi connectivity index (χ0) is 47.1. The Labute approximate surface area is 393 Å². The van der Waals surface area contributed by atoms with Crippen molar-refractivity contribution in [2.75, 3.05) is 47.5 Å². The molecule has 64 heavy (non-hydrogen) atoms. The highest BCUT2D eigenvalue weighted by Gasteiger charge is 2.27. The standard InChI is InChI=1S/C54H96NO8P/c1-6-8-10-12-14-16-18-20-22-24-26-27-29-31-33-35-37-39-41-43-45-47-54(57)63-52(51-62-64(58,59)61-49-48-55(3,4)5)50-60-53(56)46-44-42-40-38-36-34-32-30-28-25-23-21-19-17-15-13-11-9-7-2/h9,11,15,17,20-23,28,30,34,36,52H,6-8,10,12-14,16,18-19,24-27,29,31-33,35,37-51H2,1-5H3/p+1/b11-9-,17-15-,22-20-,23-21-,30-28-,36-34-/t52-/m1/s1. The van der Waals surface area contributed by atoms with Crippen molar-refractivity contribution in [1.29, 1.82) is 0 Å². The molecule has 1 N–H and O–H groups in total. The Morgan fingerprint density at radius 1 is 0.500 bits per heavy atom. The summed E-state index contributed by atoms with van der Waals surface area (Å²) in [5.41, 5.74) is 0. The molecular formula is C54H97NO8P+. The lowest BCUT2D eigenvalue weighted by atomic mass is 10.0. The van der Waals surface area contributed by atoms with Crippen LogP contribution in [0.3, 0.4) is 0 Å². The number of hydrogen-bond donors (Lipinski definition) is 1. The molecule has 0 aliphatic carbocycles. The Morgan fingerprint density at radius 2 is 0.891 bits per heavy atom. The van der Waals surface area contributed by atoms with Crippen molar-refractivity contribution in [3.05, 3.63) is 72.9 Å². The van der Waals surface area contributed by atoms with E-state index in [2.05, 4.69) is 86.8 Å². The molecule has 9 nitrogen and oxygen atoms in total. The number of phosphoric ester groups is 1. The smallest absolute Gasteiger partial charge is 0.462 e. The van der Waals surface area contributed by atoms with Gasteiger partial charge in [0, 0.05) is 12.8 Å². The quantitative estimate of drug-likeness (QED) is 0.0211. The maximum absolute atomic E-state index is 12.8. The van der Waals surface area contributed by atoms with Crippen molar-refractivity contribution in [1.82, 2.24) is 0 Å². The van der Waals surface area contributed by atoms with E-state index in [1.54, 1.807) is 0 Å². The van der Waals surface area contributed by atoms with Gasteiger partial charge in [0.05, 0.1) is 27.7 Å². The molecule has 0 aliphatic heterocycles. The van der Waals surface area contributed by atoms with Crippen molar-refractivity contribution in [2.24, 2.45) is 0 Å². The first-order valence-electron chi connectivity index (χ1n) is 25.7. The number of hydrogen-bond acceptors (Lipinski definition) is 7. The third-order valence-electron chi connectivity index (χ3n) is 10.7. The lowest BCUT2D eigenvalue weighted by molar-refractivity contribution is -0.870. The summed E-state index contributed by atoms with van der Waals surface area (Å²) >= 11 is 0. The lowest BCUT2D eigenvalue weighted by Crippen LogP contribution is -2.37. The molecule has 370 valence electrons. The largest absolute Gasteiger partial charge is 0.472 e. The summed E-state index contributed by atoms with van der Waals surface area (Å²) in [6.07, 6.45) is 58.1. The highest BCUT2D eigenvalue weighted by atomic mass is 31.2. The van der Waals surface area contributed by atoms with Gasteiger partial charge < -0.3 is 18.9 Å². The maximum Gasteiger partial charge on any atom is 0.472 e. The number of ether oxygens (including phenoxy) is 2. The van der Waals surface area contributed by atoms with E-state index in [0.717, 1.165) is 70.6 Å². The predicted octanol–water partition coefficient (Wildman–Crippen LogP) is 15.4. The van der Waals surface area contributed by atoms with E-state index in [4.69, 9.17) is 18.5 Å². The first-order valence-corrected chi connectivity index (χ1v) is 27.2. The van der Waals surface area contributed by atoms with E-state index < -0.39 is 32.5 Å². The van der Waals surface area contributed by atoms with Crippen LogP contribution in [0.1, 0.15) is 206 Å². The van der Waals surface area contributed by atoms with Gasteiger partial charge in [0.15, 0.2) is 6.10 Å². The molecule has 0 fully saturated rings. The summed E-state index contributed by atoms with van der Waals surface area (Å²) in [7, 11) is 1.45. The van der Waals surface area contributed by atoms with E-state index in [-0.39, 0.29) is 26.1 Å². The molecule has 0 heterocycles. The fourth-order valence-corrected chi connectivity index (χ4v) is 7.48. The molecule has 0 spiro atoms. The SMILES string of the molecule is CC/C=C\C/C=C\C/C=C\C/C=C\C/C=C\CCCCCC(=O)OC[C@H](COP(=O)(O)OCC[N+](C)(C)C)OC(=O)CCCCCCCCCCCCC/C=C\CCCCCCCC. The van der Waals surface area contributed by atoms with Gasteiger partial charge in [-0.2, -0.15) is 0 Å². The molecule has 0 radical (unpaired) electrons. The molecule has 0 saturated carbocycles. The molecule has 0 aromatic heterocycles. The molecule has 0 amide bonds. The number of likely N-dealkylation sites (N-methyl/N-ethyl adjacent to an activating group) is 1. The minimum atomic E-state index is -4.39. The van der Waals surface area contributed by atoms with Crippen LogP contribution in [0, 0.1) is 0 Å². The molecule has 10 heteroatoms. The van der Waals surface area contributed by atoms with Crippen LogP contribution in [-0.2, 0) is 32.7 Å². The van der Waals surface area contributed by atoms with E-state index in [0.29, 0.717) is 23.9 Å². The molecule has 0 bridgehead atoms. The Kier molecular flexibility index (Phi) is 43.8. The summed E-state index contributed by atoms with van der Waals surface area (Å²) in [5.74, 6) is -0.837. The number of nitrogens with zero attached hydrogens (tertiary/aromatic N) is 1. The van der Waals surface area contributed by atoms with Crippen molar-refractivity contribution < 1.29 is 42.1 Å². The summed E-state index contributed by atoms with van der Waals surface area (Å²) in [5, 5.41) is 0. The van der Waals surface area contributed by atoms with Crippen LogP contribution in [-0.4, -0.2) is 74.9 Å². The number of carbonyl (C=O) groups is 2. The molecule has 0 rings (SSSR count). The molecule has 0 aromatic carbocycles. The molecule has 0 aliphatic rings. The van der Waals surface area contributed by atoms with Gasteiger partial charge in [0.1, 0.15) is 19.8 Å². The summed E-state index contributed by atoms with van der Waals surface area (Å²) < 4.78 is 34.4. The Bertz CT molecular complexity index is 1310. The fourth-order valence-electron chi connectivity index (χ4n) is 6.74. The number of unbranched alkanes of at least 4 members (excludes halogenated alkanes) is 20. The van der Waals surface area contributed by atoms with E-state index in [1.807, 2.05) is 21.1 Å². The van der Waals surface area contributed by atoms with E-state index in [1.165, 1.54) is 96.3 Å². The normalized spacial score (nSPS) is 14.0. The second-order valence-corrected chi connectivity index (χ2v) is 19.6. The first-order chi connectivity index (χ1) is 31.0. The van der Waals surface area contributed by atoms with Crippen molar-refractivity contribution in [3.63, 3.8) is 0 Å². The van der Waals surface area contributed by atoms with Gasteiger partial charge in [-0.15, -0.1) is 0 Å². The van der Waals surface area contributed by atoms with E-state index in [9.17, 15) is 19.0 Å². The summed E-state index contributed by atoms with van der Waals surface area (Å²) in [6, 6.07) is 0. The van der Waals surface area contributed by atoms with Gasteiger partial charge >= 0.3 is 19.8 Å². The van der Waals surface area contributed by atoms with Gasteiger partial charge in [-0.3, -0.25) is 18.6 Å². The average molecular weight is 919 g/mol. The fraction of sp³-hybridized carbons (Fsp3) is 0.741. The maximum atomic E-state index is 12.8. The number of quaternary nitrogens is 1. The molecule has 0 saturated heterocycles. The highest BCUT2D eigenvalue weighted by Crippen LogP contribution is 2.43. The third kappa shape index (κ3) is 48.9. The Hall–Kier alpha value is -2.55. The van der Waals surface area contributed by atoms with Gasteiger partial charge in [-0.1, -0.05) is 183 Å². The number of carbonyl (C=O) groups excluding carboxylic acids is 2. The van der Waals surface area contributed by atoms with Crippen LogP contribution in [0.4, 0.5) is 0 Å². The van der Waals surface area contributed by atoms with Gasteiger partial charge in [-0.05, 0) is 83.5 Å². The van der Waals surface area contributed by atoms with Crippen LogP contribution in [0.2, 0.25) is 0 Å². The second kappa shape index (κ2) is 45.6. The lowest BCUT2D eigenvalue weighted by Gasteiger charge is -2.24. The van der Waals surface area contributed by atoms with Crippen LogP contribution in [0.25, 0.3) is 0 Å². The zero-order valence-electron chi connectivity index (χ0n) is 41.7. The highest BCUT2D eigenvalue weighted by molar-refractivity contribution is 7.47. The number of esters is 2. The van der Waals surface area contributed by atoms with Gasteiger partial charge in [0.25, 0.3) is 0 Å². The van der Waals surface area contributed by atoms with Gasteiger partial charge in [-0.25, -0.2) is 4.57 Å². The van der Waals surface area contributed by atoms with Crippen LogP contribution >= 0.6 is 7.82 Å². The number of rotatable bonds is 46. The summed E-state index contributed by atoms with van der Waals surface area (Å²) in [4.78, 5) is 35.5. The van der Waals surface area contributed by atoms with E-state index >= 15 is 0 Å². The summed E-state index contributed by atoms with van der Waals surface area (Å²) in [6.45, 7) is 4.28. The third-order valence-corrected chi connectivity index (χ3v) is 11.7. The first kappa shape index (κ1) is 61.5. The molecule has 2 atom stereocenters. The topological polar surface area (TPSA) is 108 Å². The van der Waals surface area contributed by atoms with Crippen LogP contribution < -0.4 is 0 Å². The zero-order valence-corrected chi connectivity index (χ0v) is 42.6. The molecule has 0 aromatic rings. The monoisotopic (exact) mass is 919 g/mol. The minimum Gasteiger partial charge on any atom is -0.462 e. The minimum absolute atomic E-state index is 0.0231. The number of allylic oxidation sites excluding steroid dienone is 12. The Balaban J connectivity index is 4.31. The second-order valence-electron chi connectivity index (χ2n) is 18.2. The van der Waals surface area contributed by atoms with Crippen molar-refractivity contribution >= 4 is 19.8 Å². The van der Waals surface area contributed by atoms with Crippen LogP contribution in [0.15, 0.2) is 72.9 Å². The average Bonchev–Trinajstić information content (AvgIpc) is 3.25. The number of phosphoric acid groups is 1. The van der Waals surface area contributed by atoms with Crippen molar-refractivity contribution in [2.45, 2.75) is 213 Å². The molecule has 1 unspecified atom stereocenters.